The van der Waals surface area contributed by atoms with E-state index >= 15 is 0 Å². The van der Waals surface area contributed by atoms with Gasteiger partial charge in [-0.15, -0.1) is 0 Å². The zero-order chi connectivity index (χ0) is 20.9. The largest absolute Gasteiger partial charge is 0.439 e. The molecule has 8 nitrogen and oxygen atoms in total. The minimum absolute atomic E-state index is 0.220. The first kappa shape index (κ1) is 20.3. The highest BCUT2D eigenvalue weighted by molar-refractivity contribution is 6.00. The topological polar surface area (TPSA) is 123 Å². The van der Waals surface area contributed by atoms with Gasteiger partial charge in [-0.1, -0.05) is 25.3 Å². The summed E-state index contributed by atoms with van der Waals surface area (Å²) in [5, 5.41) is 5.68. The summed E-state index contributed by atoms with van der Waals surface area (Å²) in [6.07, 6.45) is 5.55. The Morgan fingerprint density at radius 2 is 1.86 bits per heavy atom. The Bertz CT molecular complexity index is 905. The molecule has 3 amide bonds. The highest BCUT2D eigenvalue weighted by Crippen LogP contribution is 2.30. The molecule has 0 saturated heterocycles. The van der Waals surface area contributed by atoms with Crippen LogP contribution in [0, 0.1) is 0 Å². The molecule has 0 radical (unpaired) electrons. The number of hydrogen-bond acceptors (Lipinski definition) is 5. The normalized spacial score (nSPS) is 15.2. The first-order chi connectivity index (χ1) is 13.9. The molecule has 29 heavy (non-hydrogen) atoms. The van der Waals surface area contributed by atoms with Crippen molar-refractivity contribution in [3.8, 4) is 11.6 Å². The molecule has 1 fully saturated rings. The van der Waals surface area contributed by atoms with Crippen molar-refractivity contribution in [3.05, 3.63) is 48.2 Å². The Balaban J connectivity index is 1.68. The van der Waals surface area contributed by atoms with Gasteiger partial charge in [-0.25, -0.2) is 4.98 Å². The first-order valence-corrected chi connectivity index (χ1v) is 9.52. The molecule has 152 valence electrons. The molecule has 4 N–H and O–H groups in total. The fourth-order valence-corrected chi connectivity index (χ4v) is 3.50. The van der Waals surface area contributed by atoms with Crippen molar-refractivity contribution in [2.75, 3.05) is 5.32 Å². The Morgan fingerprint density at radius 3 is 2.48 bits per heavy atom. The molecule has 1 aromatic heterocycles. The number of rotatable bonds is 6. The van der Waals surface area contributed by atoms with Gasteiger partial charge in [-0.05, 0) is 37.1 Å². The SMILES string of the molecule is CC(=O)NC1(C(=O)Nc2ccc(Oc3cccc(C(N)=O)c3)nc2)CCCCC1. The molecule has 0 spiro atoms. The maximum Gasteiger partial charge on any atom is 0.250 e. The molecule has 0 aliphatic heterocycles. The van der Waals surface area contributed by atoms with E-state index in [2.05, 4.69) is 15.6 Å². The number of ether oxygens (including phenoxy) is 1. The lowest BCUT2D eigenvalue weighted by atomic mass is 9.80. The van der Waals surface area contributed by atoms with Gasteiger partial charge in [0, 0.05) is 18.6 Å². The van der Waals surface area contributed by atoms with Gasteiger partial charge >= 0.3 is 0 Å². The maximum absolute atomic E-state index is 12.9. The lowest BCUT2D eigenvalue weighted by Gasteiger charge is -2.36. The second kappa shape index (κ2) is 8.72. The molecule has 2 aromatic rings. The quantitative estimate of drug-likeness (QED) is 0.693. The van der Waals surface area contributed by atoms with E-state index in [4.69, 9.17) is 10.5 Å². The average molecular weight is 396 g/mol. The van der Waals surface area contributed by atoms with Crippen LogP contribution in [0.15, 0.2) is 42.6 Å². The first-order valence-electron chi connectivity index (χ1n) is 9.52. The van der Waals surface area contributed by atoms with E-state index in [0.717, 1.165) is 19.3 Å². The van der Waals surface area contributed by atoms with Gasteiger partial charge in [0.05, 0.1) is 11.9 Å². The number of amides is 3. The second-order valence-electron chi connectivity index (χ2n) is 7.16. The number of nitrogens with zero attached hydrogens (tertiary/aromatic N) is 1. The molecular formula is C21H24N4O4. The van der Waals surface area contributed by atoms with Crippen LogP contribution < -0.4 is 21.1 Å². The van der Waals surface area contributed by atoms with Crippen LogP contribution in [0.3, 0.4) is 0 Å². The van der Waals surface area contributed by atoms with Crippen molar-refractivity contribution < 1.29 is 19.1 Å². The van der Waals surface area contributed by atoms with Gasteiger partial charge < -0.3 is 21.1 Å². The van der Waals surface area contributed by atoms with Crippen molar-refractivity contribution in [2.45, 2.75) is 44.6 Å². The van der Waals surface area contributed by atoms with Gasteiger partial charge in [0.25, 0.3) is 0 Å². The molecular weight excluding hydrogens is 372 g/mol. The Labute approximate surface area is 168 Å². The number of carbonyl (C=O) groups is 3. The number of nitrogens with two attached hydrogens (primary N) is 1. The van der Waals surface area contributed by atoms with E-state index < -0.39 is 11.4 Å². The van der Waals surface area contributed by atoms with Crippen molar-refractivity contribution in [1.82, 2.24) is 10.3 Å². The highest BCUT2D eigenvalue weighted by atomic mass is 16.5. The molecule has 0 atom stereocenters. The van der Waals surface area contributed by atoms with E-state index in [1.807, 2.05) is 0 Å². The smallest absolute Gasteiger partial charge is 0.250 e. The lowest BCUT2D eigenvalue weighted by molar-refractivity contribution is -0.130. The van der Waals surface area contributed by atoms with Gasteiger partial charge in [-0.2, -0.15) is 0 Å². The van der Waals surface area contributed by atoms with Crippen LogP contribution in [-0.4, -0.2) is 28.2 Å². The molecule has 1 aromatic carbocycles. The Kier molecular flexibility index (Phi) is 6.11. The van der Waals surface area contributed by atoms with Crippen LogP contribution in [0.1, 0.15) is 49.4 Å². The van der Waals surface area contributed by atoms with Crippen molar-refractivity contribution in [2.24, 2.45) is 5.73 Å². The minimum Gasteiger partial charge on any atom is -0.439 e. The summed E-state index contributed by atoms with van der Waals surface area (Å²) in [6, 6.07) is 9.75. The summed E-state index contributed by atoms with van der Waals surface area (Å²) in [6.45, 7) is 1.42. The summed E-state index contributed by atoms with van der Waals surface area (Å²) in [7, 11) is 0. The van der Waals surface area contributed by atoms with Gasteiger partial charge in [0.1, 0.15) is 11.3 Å². The molecule has 3 rings (SSSR count). The highest BCUT2D eigenvalue weighted by Gasteiger charge is 2.40. The monoisotopic (exact) mass is 396 g/mol. The van der Waals surface area contributed by atoms with E-state index in [0.29, 0.717) is 35.7 Å². The van der Waals surface area contributed by atoms with Crippen LogP contribution in [0.25, 0.3) is 0 Å². The number of aromatic nitrogens is 1. The molecule has 1 saturated carbocycles. The summed E-state index contributed by atoms with van der Waals surface area (Å²) in [4.78, 5) is 39.9. The van der Waals surface area contributed by atoms with Crippen LogP contribution in [0.2, 0.25) is 0 Å². The zero-order valence-corrected chi connectivity index (χ0v) is 16.2. The third kappa shape index (κ3) is 5.10. The number of anilines is 1. The number of pyridine rings is 1. The number of hydrogen-bond donors (Lipinski definition) is 3. The third-order valence-electron chi connectivity index (χ3n) is 4.89. The molecule has 0 unspecified atom stereocenters. The van der Waals surface area contributed by atoms with Crippen LogP contribution >= 0.6 is 0 Å². The second-order valence-corrected chi connectivity index (χ2v) is 7.16. The number of nitrogens with one attached hydrogen (secondary N) is 2. The van der Waals surface area contributed by atoms with E-state index in [1.165, 1.54) is 19.2 Å². The van der Waals surface area contributed by atoms with Crippen molar-refractivity contribution in [1.29, 1.82) is 0 Å². The molecule has 1 aliphatic carbocycles. The zero-order valence-electron chi connectivity index (χ0n) is 16.2. The van der Waals surface area contributed by atoms with Crippen LogP contribution in [0.5, 0.6) is 11.6 Å². The predicted octanol–water partition coefficient (Wildman–Crippen LogP) is 2.75. The summed E-state index contributed by atoms with van der Waals surface area (Å²) >= 11 is 0. The van der Waals surface area contributed by atoms with Crippen LogP contribution in [-0.2, 0) is 9.59 Å². The Hall–Kier alpha value is -3.42. The summed E-state index contributed by atoms with van der Waals surface area (Å²) in [5.74, 6) is -0.271. The maximum atomic E-state index is 12.9. The fraction of sp³-hybridized carbons (Fsp3) is 0.333. The van der Waals surface area contributed by atoms with E-state index in [-0.39, 0.29) is 11.8 Å². The summed E-state index contributed by atoms with van der Waals surface area (Å²) in [5.41, 5.74) is 5.23. The Morgan fingerprint density at radius 1 is 1.10 bits per heavy atom. The minimum atomic E-state index is -0.881. The molecule has 1 aliphatic rings. The van der Waals surface area contributed by atoms with Gasteiger partial charge in [0.2, 0.25) is 23.6 Å². The molecule has 0 bridgehead atoms. The van der Waals surface area contributed by atoms with Gasteiger partial charge in [-0.3, -0.25) is 14.4 Å². The average Bonchev–Trinajstić information content (AvgIpc) is 2.70. The molecule has 8 heteroatoms. The van der Waals surface area contributed by atoms with E-state index in [1.54, 1.807) is 30.3 Å². The third-order valence-corrected chi connectivity index (χ3v) is 4.89. The number of primary amides is 1. The van der Waals surface area contributed by atoms with Crippen molar-refractivity contribution in [3.63, 3.8) is 0 Å². The summed E-state index contributed by atoms with van der Waals surface area (Å²) < 4.78 is 5.63. The van der Waals surface area contributed by atoms with Crippen LogP contribution in [0.4, 0.5) is 5.69 Å². The fourth-order valence-electron chi connectivity index (χ4n) is 3.50. The number of carbonyl (C=O) groups excluding carboxylic acids is 3. The lowest BCUT2D eigenvalue weighted by Crippen LogP contribution is -2.57. The molecule has 1 heterocycles. The van der Waals surface area contributed by atoms with E-state index in [9.17, 15) is 14.4 Å². The number of benzene rings is 1. The standard InChI is InChI=1S/C21H24N4O4/c1-14(26)25-21(10-3-2-4-11-21)20(28)24-16-8-9-18(23-13-16)29-17-7-5-6-15(12-17)19(22)27/h5-9,12-13H,2-4,10-11H2,1H3,(H2,22,27)(H,24,28)(H,25,26). The van der Waals surface area contributed by atoms with Gasteiger partial charge in [0.15, 0.2) is 0 Å². The van der Waals surface area contributed by atoms with Crippen molar-refractivity contribution >= 4 is 23.4 Å². The predicted molar refractivity (Wildman–Crippen MR) is 108 cm³/mol.